The second kappa shape index (κ2) is 9.79. The molecule has 1 unspecified atom stereocenters. The number of aryl methyl sites for hydroxylation is 1. The third kappa shape index (κ3) is 4.67. The lowest BCUT2D eigenvalue weighted by Crippen LogP contribution is -2.52. The van der Waals surface area contributed by atoms with E-state index in [0.717, 1.165) is 73.0 Å². The zero-order chi connectivity index (χ0) is 22.6. The molecule has 6 nitrogen and oxygen atoms in total. The van der Waals surface area contributed by atoms with Crippen molar-refractivity contribution in [1.29, 1.82) is 0 Å². The van der Waals surface area contributed by atoms with Crippen LogP contribution in [0.25, 0.3) is 22.0 Å². The Labute approximate surface area is 194 Å². The first-order chi connectivity index (χ1) is 16.2. The number of hydroxylamine groups is 1. The lowest BCUT2D eigenvalue weighted by Gasteiger charge is -2.41. The van der Waals surface area contributed by atoms with Gasteiger partial charge >= 0.3 is 6.03 Å². The van der Waals surface area contributed by atoms with Crippen molar-refractivity contribution < 1.29 is 14.4 Å². The molecule has 0 aliphatic carbocycles. The van der Waals surface area contributed by atoms with Crippen molar-refractivity contribution in [3.8, 4) is 16.9 Å². The van der Waals surface area contributed by atoms with E-state index in [0.29, 0.717) is 11.7 Å². The number of likely N-dealkylation sites (tertiary alicyclic amines) is 1. The molecule has 3 heterocycles. The van der Waals surface area contributed by atoms with Crippen molar-refractivity contribution in [2.24, 2.45) is 5.92 Å². The van der Waals surface area contributed by atoms with E-state index in [1.54, 1.807) is 0 Å². The highest BCUT2D eigenvalue weighted by Crippen LogP contribution is 2.31. The topological polar surface area (TPSA) is 63.7 Å². The minimum atomic E-state index is -0.147. The Hall–Kier alpha value is -3.12. The molecule has 0 bridgehead atoms. The van der Waals surface area contributed by atoms with Gasteiger partial charge in [-0.25, -0.2) is 4.79 Å². The summed E-state index contributed by atoms with van der Waals surface area (Å²) in [4.78, 5) is 25.1. The summed E-state index contributed by atoms with van der Waals surface area (Å²) < 4.78 is 5.51. The highest BCUT2D eigenvalue weighted by molar-refractivity contribution is 5.88. The van der Waals surface area contributed by atoms with E-state index < -0.39 is 0 Å². The second-order valence-corrected chi connectivity index (χ2v) is 9.05. The fourth-order valence-electron chi connectivity index (χ4n) is 5.27. The number of fused-ring (bicyclic) bond motifs is 1. The number of pyridine rings is 1. The van der Waals surface area contributed by atoms with E-state index in [4.69, 9.17) is 9.57 Å². The largest absolute Gasteiger partial charge is 0.381 e. The molecule has 5 rings (SSSR count). The maximum absolute atomic E-state index is 12.9. The van der Waals surface area contributed by atoms with Crippen LogP contribution in [0.3, 0.4) is 0 Å². The maximum atomic E-state index is 12.9. The molecule has 1 atom stereocenters. The summed E-state index contributed by atoms with van der Waals surface area (Å²) in [6.07, 6.45) is 7.17. The average Bonchev–Trinajstić information content (AvgIpc) is 2.88. The van der Waals surface area contributed by atoms with Gasteiger partial charge in [0.2, 0.25) is 0 Å². The van der Waals surface area contributed by atoms with Crippen LogP contribution in [0.15, 0.2) is 54.7 Å². The number of hydrogen-bond donors (Lipinski definition) is 1. The van der Waals surface area contributed by atoms with Crippen LogP contribution in [-0.4, -0.2) is 41.7 Å². The smallest absolute Gasteiger partial charge is 0.350 e. The number of hydrogen-bond acceptors (Lipinski definition) is 4. The second-order valence-electron chi connectivity index (χ2n) is 9.05. The number of carbonyl (C=O) groups excluding carboxylic acids is 1. The fraction of sp³-hybridized carbons (Fsp3) is 0.407. The van der Waals surface area contributed by atoms with Crippen molar-refractivity contribution in [3.05, 3.63) is 60.3 Å². The van der Waals surface area contributed by atoms with Gasteiger partial charge in [0.15, 0.2) is 5.75 Å². The molecule has 6 heteroatoms. The fourth-order valence-corrected chi connectivity index (χ4v) is 5.27. The van der Waals surface area contributed by atoms with Gasteiger partial charge in [-0.2, -0.15) is 5.48 Å². The van der Waals surface area contributed by atoms with Gasteiger partial charge in [0, 0.05) is 37.4 Å². The first-order valence-corrected chi connectivity index (χ1v) is 12.0. The predicted molar refractivity (Wildman–Crippen MR) is 129 cm³/mol. The lowest BCUT2D eigenvalue weighted by atomic mass is 9.85. The average molecular weight is 446 g/mol. The van der Waals surface area contributed by atoms with Crippen LogP contribution in [0, 0.1) is 12.8 Å². The maximum Gasteiger partial charge on any atom is 0.350 e. The highest BCUT2D eigenvalue weighted by Gasteiger charge is 2.34. The molecule has 172 valence electrons. The molecule has 1 aromatic heterocycles. The van der Waals surface area contributed by atoms with E-state index in [1.165, 1.54) is 6.42 Å². The Morgan fingerprint density at radius 3 is 2.70 bits per heavy atom. The number of amides is 2. The van der Waals surface area contributed by atoms with Crippen LogP contribution in [-0.2, 0) is 4.74 Å². The Morgan fingerprint density at radius 2 is 1.88 bits per heavy atom. The molecular weight excluding hydrogens is 414 g/mol. The van der Waals surface area contributed by atoms with Gasteiger partial charge < -0.3 is 14.5 Å². The lowest BCUT2D eigenvalue weighted by molar-refractivity contribution is 0.0199. The van der Waals surface area contributed by atoms with Gasteiger partial charge in [0.25, 0.3) is 0 Å². The molecule has 33 heavy (non-hydrogen) atoms. The monoisotopic (exact) mass is 445 g/mol. The Balaban J connectivity index is 1.24. The molecule has 3 aromatic rings. The van der Waals surface area contributed by atoms with Crippen molar-refractivity contribution in [2.45, 2.75) is 45.1 Å². The van der Waals surface area contributed by atoms with Crippen LogP contribution in [0.4, 0.5) is 4.79 Å². The van der Waals surface area contributed by atoms with Crippen molar-refractivity contribution in [2.75, 3.05) is 19.8 Å². The SMILES string of the molecule is Cc1c(-c2ccc(ONC(=O)N3CCCCC3C3CCOCC3)cc2)ccc2cccnc12. The minimum absolute atomic E-state index is 0.147. The molecule has 2 aliphatic rings. The van der Waals surface area contributed by atoms with Crippen LogP contribution < -0.4 is 10.3 Å². The molecule has 2 fully saturated rings. The number of carbonyl (C=O) groups is 1. The molecule has 2 aliphatic heterocycles. The summed E-state index contributed by atoms with van der Waals surface area (Å²) >= 11 is 0. The summed E-state index contributed by atoms with van der Waals surface area (Å²) in [5, 5.41) is 1.14. The number of nitrogens with one attached hydrogen (secondary N) is 1. The first kappa shape index (κ1) is 21.7. The quantitative estimate of drug-likeness (QED) is 0.539. The summed E-state index contributed by atoms with van der Waals surface area (Å²) in [6.45, 7) is 4.48. The van der Waals surface area contributed by atoms with Gasteiger partial charge in [-0.05, 0) is 79.8 Å². The standard InChI is InChI=1S/C27H31N3O3/c1-19-24(12-9-22-5-4-15-28-26(19)22)20-7-10-23(11-8-20)33-29-27(31)30-16-3-2-6-25(30)21-13-17-32-18-14-21/h4-5,7-12,15,21,25H,2-3,6,13-14,16-18H2,1H3,(H,29,31). The number of piperidine rings is 1. The van der Waals surface area contributed by atoms with Crippen LogP contribution in [0.2, 0.25) is 0 Å². The van der Waals surface area contributed by atoms with Crippen LogP contribution in [0.1, 0.15) is 37.7 Å². The molecule has 0 radical (unpaired) electrons. The molecule has 2 saturated heterocycles. The molecule has 2 aromatic carbocycles. The number of aromatic nitrogens is 1. The Morgan fingerprint density at radius 1 is 1.06 bits per heavy atom. The van der Waals surface area contributed by atoms with Crippen molar-refractivity contribution >= 4 is 16.9 Å². The van der Waals surface area contributed by atoms with Crippen LogP contribution in [0.5, 0.6) is 5.75 Å². The van der Waals surface area contributed by atoms with Gasteiger partial charge in [-0.15, -0.1) is 0 Å². The number of nitrogens with zero attached hydrogens (tertiary/aromatic N) is 2. The van der Waals surface area contributed by atoms with E-state index in [1.807, 2.05) is 41.4 Å². The number of rotatable bonds is 4. The first-order valence-electron chi connectivity index (χ1n) is 12.0. The van der Waals surface area contributed by atoms with E-state index in [9.17, 15) is 4.79 Å². The molecule has 2 amide bonds. The molecule has 0 spiro atoms. The van der Waals surface area contributed by atoms with E-state index in [2.05, 4.69) is 35.6 Å². The molecule has 0 saturated carbocycles. The van der Waals surface area contributed by atoms with Crippen molar-refractivity contribution in [1.82, 2.24) is 15.4 Å². The zero-order valence-corrected chi connectivity index (χ0v) is 19.1. The summed E-state index contributed by atoms with van der Waals surface area (Å²) in [6, 6.07) is 16.2. The summed E-state index contributed by atoms with van der Waals surface area (Å²) in [7, 11) is 0. The van der Waals surface area contributed by atoms with Gasteiger partial charge in [0.1, 0.15) is 0 Å². The van der Waals surface area contributed by atoms with Crippen LogP contribution >= 0.6 is 0 Å². The third-order valence-corrected chi connectivity index (χ3v) is 7.07. The van der Waals surface area contributed by atoms with Gasteiger partial charge in [-0.3, -0.25) is 4.98 Å². The Bertz CT molecular complexity index is 1110. The van der Waals surface area contributed by atoms with E-state index in [-0.39, 0.29) is 12.1 Å². The van der Waals surface area contributed by atoms with Gasteiger partial charge in [-0.1, -0.05) is 30.3 Å². The normalized spacial score (nSPS) is 19.4. The number of benzene rings is 2. The number of urea groups is 1. The summed E-state index contributed by atoms with van der Waals surface area (Å²) in [5.74, 6) is 1.13. The number of ether oxygens (including phenoxy) is 1. The summed E-state index contributed by atoms with van der Waals surface area (Å²) in [5.41, 5.74) is 7.08. The third-order valence-electron chi connectivity index (χ3n) is 7.07. The molecular formula is C27H31N3O3. The predicted octanol–water partition coefficient (Wildman–Crippen LogP) is 5.49. The Kier molecular flexibility index (Phi) is 6.44. The molecule has 1 N–H and O–H groups in total. The van der Waals surface area contributed by atoms with Crippen molar-refractivity contribution in [3.63, 3.8) is 0 Å². The highest BCUT2D eigenvalue weighted by atomic mass is 16.7. The minimum Gasteiger partial charge on any atom is -0.381 e. The zero-order valence-electron chi connectivity index (χ0n) is 19.1. The van der Waals surface area contributed by atoms with E-state index >= 15 is 0 Å². The van der Waals surface area contributed by atoms with Gasteiger partial charge in [0.05, 0.1) is 5.52 Å².